The van der Waals surface area contributed by atoms with E-state index in [0.29, 0.717) is 17.4 Å². The predicted molar refractivity (Wildman–Crippen MR) is 96.0 cm³/mol. The number of carbonyl (C=O) groups excluding carboxylic acids is 1. The first-order valence-corrected chi connectivity index (χ1v) is 8.52. The van der Waals surface area contributed by atoms with Gasteiger partial charge in [0.1, 0.15) is 16.7 Å². The molecule has 2 heterocycles. The van der Waals surface area contributed by atoms with Gasteiger partial charge < -0.3 is 5.32 Å². The van der Waals surface area contributed by atoms with Crippen molar-refractivity contribution < 1.29 is 4.79 Å². The van der Waals surface area contributed by atoms with Crippen molar-refractivity contribution in [3.05, 3.63) is 58.1 Å². The molecule has 0 unspecified atom stereocenters. The first-order valence-electron chi connectivity index (χ1n) is 7.76. The smallest absolute Gasteiger partial charge is 0.275 e. The SMILES string of the molecule is O=C(Nc1ccc(-c2n[nH]c(C3CC3)n2)cc1)c1nc(Cl)ccc1Cl. The molecule has 0 spiro atoms. The maximum atomic E-state index is 12.3. The molecule has 3 aromatic rings. The number of carbonyl (C=O) groups is 1. The maximum absolute atomic E-state index is 12.3. The number of rotatable bonds is 4. The van der Waals surface area contributed by atoms with Gasteiger partial charge in [0.25, 0.3) is 5.91 Å². The number of amides is 1. The number of hydrogen-bond donors (Lipinski definition) is 2. The van der Waals surface area contributed by atoms with Crippen molar-refractivity contribution in [1.82, 2.24) is 20.2 Å². The predicted octanol–water partition coefficient (Wildman–Crippen LogP) is 4.30. The minimum atomic E-state index is -0.422. The molecule has 25 heavy (non-hydrogen) atoms. The molecule has 126 valence electrons. The van der Waals surface area contributed by atoms with E-state index in [1.165, 1.54) is 25.0 Å². The quantitative estimate of drug-likeness (QED) is 0.667. The van der Waals surface area contributed by atoms with E-state index in [1.54, 1.807) is 12.1 Å². The first-order chi connectivity index (χ1) is 12.1. The molecule has 0 bridgehead atoms. The summed E-state index contributed by atoms with van der Waals surface area (Å²) in [6.45, 7) is 0. The van der Waals surface area contributed by atoms with Crippen molar-refractivity contribution in [2.75, 3.05) is 5.32 Å². The summed E-state index contributed by atoms with van der Waals surface area (Å²) in [5.41, 5.74) is 1.57. The summed E-state index contributed by atoms with van der Waals surface area (Å²) in [4.78, 5) is 20.7. The van der Waals surface area contributed by atoms with E-state index >= 15 is 0 Å². The Morgan fingerprint density at radius 2 is 1.84 bits per heavy atom. The van der Waals surface area contributed by atoms with Crippen LogP contribution in [0.1, 0.15) is 35.1 Å². The first kappa shape index (κ1) is 16.1. The summed E-state index contributed by atoms with van der Waals surface area (Å²) in [6.07, 6.45) is 2.33. The number of nitrogens with zero attached hydrogens (tertiary/aromatic N) is 3. The van der Waals surface area contributed by atoms with Gasteiger partial charge in [0.2, 0.25) is 0 Å². The fourth-order valence-corrected chi connectivity index (χ4v) is 2.75. The number of nitrogens with one attached hydrogen (secondary N) is 2. The van der Waals surface area contributed by atoms with E-state index in [-0.39, 0.29) is 15.9 Å². The van der Waals surface area contributed by atoms with Crippen LogP contribution in [0, 0.1) is 0 Å². The molecule has 0 saturated heterocycles. The lowest BCUT2D eigenvalue weighted by atomic mass is 10.2. The van der Waals surface area contributed by atoms with Gasteiger partial charge in [0, 0.05) is 17.2 Å². The Kier molecular flexibility index (Phi) is 4.15. The molecule has 1 amide bonds. The standard InChI is InChI=1S/C17H13Cl2N5O/c18-12-7-8-13(19)21-14(12)17(25)20-11-5-3-10(4-6-11)16-22-15(23-24-16)9-1-2-9/h3-9H,1-2H2,(H,20,25)(H,22,23,24). The van der Waals surface area contributed by atoms with Crippen molar-refractivity contribution in [2.45, 2.75) is 18.8 Å². The minimum absolute atomic E-state index is 0.0845. The lowest BCUT2D eigenvalue weighted by Gasteiger charge is -2.07. The minimum Gasteiger partial charge on any atom is -0.321 e. The molecular formula is C17H13Cl2N5O. The third-order valence-corrected chi connectivity index (χ3v) is 4.41. The maximum Gasteiger partial charge on any atom is 0.275 e. The molecule has 1 fully saturated rings. The monoisotopic (exact) mass is 373 g/mol. The van der Waals surface area contributed by atoms with Crippen molar-refractivity contribution in [3.8, 4) is 11.4 Å². The van der Waals surface area contributed by atoms with Crippen LogP contribution >= 0.6 is 23.2 Å². The van der Waals surface area contributed by atoms with Crippen LogP contribution in [0.15, 0.2) is 36.4 Å². The van der Waals surface area contributed by atoms with Crippen LogP contribution in [0.5, 0.6) is 0 Å². The van der Waals surface area contributed by atoms with Gasteiger partial charge in [-0.3, -0.25) is 9.89 Å². The van der Waals surface area contributed by atoms with Crippen molar-refractivity contribution in [2.24, 2.45) is 0 Å². The van der Waals surface area contributed by atoms with Crippen LogP contribution in [-0.4, -0.2) is 26.1 Å². The molecular weight excluding hydrogens is 361 g/mol. The molecule has 2 aromatic heterocycles. The highest BCUT2D eigenvalue weighted by Crippen LogP contribution is 2.38. The van der Waals surface area contributed by atoms with E-state index in [1.807, 2.05) is 12.1 Å². The Morgan fingerprint density at radius 1 is 1.08 bits per heavy atom. The van der Waals surface area contributed by atoms with E-state index in [2.05, 4.69) is 25.5 Å². The van der Waals surface area contributed by atoms with Crippen LogP contribution in [0.3, 0.4) is 0 Å². The second kappa shape index (κ2) is 6.46. The molecule has 1 aliphatic carbocycles. The molecule has 4 rings (SSSR count). The Bertz CT molecular complexity index is 934. The molecule has 1 aliphatic rings. The fourth-order valence-electron chi connectivity index (χ4n) is 2.41. The summed E-state index contributed by atoms with van der Waals surface area (Å²) in [6, 6.07) is 10.3. The average Bonchev–Trinajstić information content (AvgIpc) is 3.35. The van der Waals surface area contributed by atoms with Gasteiger partial charge in [-0.15, -0.1) is 0 Å². The number of aromatic amines is 1. The zero-order valence-electron chi connectivity index (χ0n) is 13.0. The Hall–Kier alpha value is -2.44. The number of halogens is 2. The normalized spacial score (nSPS) is 13.7. The van der Waals surface area contributed by atoms with Crippen LogP contribution in [0.2, 0.25) is 10.2 Å². The van der Waals surface area contributed by atoms with Gasteiger partial charge in [-0.05, 0) is 49.2 Å². The van der Waals surface area contributed by atoms with E-state index < -0.39 is 5.91 Å². The van der Waals surface area contributed by atoms with E-state index in [4.69, 9.17) is 23.2 Å². The number of hydrogen-bond acceptors (Lipinski definition) is 4. The Labute approximate surface area is 153 Å². The molecule has 0 atom stereocenters. The second-order valence-electron chi connectivity index (χ2n) is 5.81. The van der Waals surface area contributed by atoms with Gasteiger partial charge in [-0.25, -0.2) is 9.97 Å². The lowest BCUT2D eigenvalue weighted by Crippen LogP contribution is -2.14. The van der Waals surface area contributed by atoms with Crippen molar-refractivity contribution in [1.29, 1.82) is 0 Å². The zero-order chi connectivity index (χ0) is 17.4. The summed E-state index contributed by atoms with van der Waals surface area (Å²) in [5.74, 6) is 1.69. The van der Waals surface area contributed by atoms with Crippen LogP contribution in [-0.2, 0) is 0 Å². The number of anilines is 1. The van der Waals surface area contributed by atoms with Crippen LogP contribution in [0.4, 0.5) is 5.69 Å². The number of pyridine rings is 1. The molecule has 0 aliphatic heterocycles. The van der Waals surface area contributed by atoms with Gasteiger partial charge >= 0.3 is 0 Å². The van der Waals surface area contributed by atoms with Gasteiger partial charge in [0.05, 0.1) is 5.02 Å². The highest BCUT2D eigenvalue weighted by Gasteiger charge is 2.27. The van der Waals surface area contributed by atoms with E-state index in [0.717, 1.165) is 11.4 Å². The summed E-state index contributed by atoms with van der Waals surface area (Å²) >= 11 is 11.8. The number of benzene rings is 1. The largest absolute Gasteiger partial charge is 0.321 e. The van der Waals surface area contributed by atoms with Crippen LogP contribution < -0.4 is 5.32 Å². The molecule has 0 radical (unpaired) electrons. The molecule has 2 N–H and O–H groups in total. The number of aromatic nitrogens is 4. The second-order valence-corrected chi connectivity index (χ2v) is 6.61. The molecule has 6 nitrogen and oxygen atoms in total. The topological polar surface area (TPSA) is 83.6 Å². The highest BCUT2D eigenvalue weighted by atomic mass is 35.5. The van der Waals surface area contributed by atoms with Crippen molar-refractivity contribution in [3.63, 3.8) is 0 Å². The summed E-state index contributed by atoms with van der Waals surface area (Å²) in [5, 5.41) is 10.4. The zero-order valence-corrected chi connectivity index (χ0v) is 14.5. The third kappa shape index (κ3) is 3.50. The Morgan fingerprint density at radius 3 is 2.56 bits per heavy atom. The third-order valence-electron chi connectivity index (χ3n) is 3.89. The summed E-state index contributed by atoms with van der Waals surface area (Å²) < 4.78 is 0. The van der Waals surface area contributed by atoms with E-state index in [9.17, 15) is 4.79 Å². The number of H-pyrrole nitrogens is 1. The van der Waals surface area contributed by atoms with Gasteiger partial charge in [-0.1, -0.05) is 23.2 Å². The fraction of sp³-hybridized carbons (Fsp3) is 0.176. The van der Waals surface area contributed by atoms with Gasteiger partial charge in [0.15, 0.2) is 5.82 Å². The summed E-state index contributed by atoms with van der Waals surface area (Å²) in [7, 11) is 0. The highest BCUT2D eigenvalue weighted by molar-refractivity contribution is 6.35. The molecule has 1 aromatic carbocycles. The van der Waals surface area contributed by atoms with Gasteiger partial charge in [-0.2, -0.15) is 5.10 Å². The van der Waals surface area contributed by atoms with Crippen molar-refractivity contribution >= 4 is 34.8 Å². The Balaban J connectivity index is 1.49. The molecule has 8 heteroatoms. The van der Waals surface area contributed by atoms with Crippen LogP contribution in [0.25, 0.3) is 11.4 Å². The molecule has 1 saturated carbocycles. The lowest BCUT2D eigenvalue weighted by molar-refractivity contribution is 0.102. The average molecular weight is 374 g/mol.